The van der Waals surface area contributed by atoms with Gasteiger partial charge in [0.1, 0.15) is 11.5 Å². The average Bonchev–Trinajstić information content (AvgIpc) is 2.59. The molecule has 0 saturated heterocycles. The van der Waals surface area contributed by atoms with Crippen LogP contribution in [0.5, 0.6) is 11.5 Å². The van der Waals surface area contributed by atoms with Crippen LogP contribution in [0.2, 0.25) is 0 Å². The van der Waals surface area contributed by atoms with Gasteiger partial charge in [-0.3, -0.25) is 4.79 Å². The van der Waals surface area contributed by atoms with Crippen molar-refractivity contribution >= 4 is 11.6 Å². The van der Waals surface area contributed by atoms with Gasteiger partial charge < -0.3 is 20.1 Å². The lowest BCUT2D eigenvalue weighted by Crippen LogP contribution is -2.46. The Kier molecular flexibility index (Phi) is 6.71. The first-order valence-electron chi connectivity index (χ1n) is 9.10. The molecule has 2 atom stereocenters. The van der Waals surface area contributed by atoms with Crippen LogP contribution >= 0.6 is 0 Å². The molecule has 5 heteroatoms. The van der Waals surface area contributed by atoms with Gasteiger partial charge in [0.15, 0.2) is 0 Å². The molecule has 0 aromatic heterocycles. The summed E-state index contributed by atoms with van der Waals surface area (Å²) in [6.07, 6.45) is 4.90. The van der Waals surface area contributed by atoms with Gasteiger partial charge >= 0.3 is 0 Å². The Morgan fingerprint density at radius 1 is 1.08 bits per heavy atom. The zero-order valence-electron chi connectivity index (χ0n) is 16.1. The zero-order chi connectivity index (χ0) is 18.4. The Bertz CT molecular complexity index is 559. The normalized spacial score (nSPS) is 20.8. The highest BCUT2D eigenvalue weighted by Crippen LogP contribution is 2.37. The Morgan fingerprint density at radius 2 is 1.68 bits per heavy atom. The third kappa shape index (κ3) is 5.63. The van der Waals surface area contributed by atoms with E-state index in [2.05, 4.69) is 31.4 Å². The molecule has 5 nitrogen and oxygen atoms in total. The van der Waals surface area contributed by atoms with E-state index in [9.17, 15) is 4.79 Å². The minimum absolute atomic E-state index is 0.0476. The van der Waals surface area contributed by atoms with Gasteiger partial charge in [-0.2, -0.15) is 0 Å². The van der Waals surface area contributed by atoms with Crippen molar-refractivity contribution in [2.45, 2.75) is 52.5 Å². The summed E-state index contributed by atoms with van der Waals surface area (Å²) in [5, 5.41) is 6.40. The summed E-state index contributed by atoms with van der Waals surface area (Å²) < 4.78 is 10.5. The number of carbonyl (C=O) groups excluding carboxylic acids is 1. The van der Waals surface area contributed by atoms with Gasteiger partial charge in [0.2, 0.25) is 5.91 Å². The van der Waals surface area contributed by atoms with Crippen molar-refractivity contribution in [3.8, 4) is 11.5 Å². The number of nitrogens with one attached hydrogen (secondary N) is 2. The number of ether oxygens (including phenoxy) is 2. The van der Waals surface area contributed by atoms with Crippen LogP contribution < -0.4 is 20.1 Å². The van der Waals surface area contributed by atoms with Gasteiger partial charge in [-0.15, -0.1) is 0 Å². The molecule has 25 heavy (non-hydrogen) atoms. The zero-order valence-corrected chi connectivity index (χ0v) is 16.1. The molecule has 1 aromatic rings. The monoisotopic (exact) mass is 348 g/mol. The SMILES string of the molecule is COc1cc(NC(=O)CNC2CCCCC2C(C)(C)C)cc(OC)c1. The summed E-state index contributed by atoms with van der Waals surface area (Å²) >= 11 is 0. The van der Waals surface area contributed by atoms with Crippen molar-refractivity contribution in [2.24, 2.45) is 11.3 Å². The summed E-state index contributed by atoms with van der Waals surface area (Å²) in [5.41, 5.74) is 0.938. The van der Waals surface area contributed by atoms with Crippen LogP contribution in [0.3, 0.4) is 0 Å². The number of amides is 1. The minimum atomic E-state index is -0.0476. The van der Waals surface area contributed by atoms with Crippen LogP contribution in [0, 0.1) is 11.3 Å². The van der Waals surface area contributed by atoms with E-state index < -0.39 is 0 Å². The highest BCUT2D eigenvalue weighted by molar-refractivity contribution is 5.92. The molecule has 140 valence electrons. The molecule has 1 saturated carbocycles. The van der Waals surface area contributed by atoms with Crippen LogP contribution in [-0.4, -0.2) is 32.7 Å². The molecule has 0 aliphatic heterocycles. The summed E-state index contributed by atoms with van der Waals surface area (Å²) in [6, 6.07) is 5.77. The minimum Gasteiger partial charge on any atom is -0.497 e. The predicted molar refractivity (Wildman–Crippen MR) is 101 cm³/mol. The molecule has 1 aliphatic rings. The number of rotatable bonds is 6. The quantitative estimate of drug-likeness (QED) is 0.820. The average molecular weight is 348 g/mol. The smallest absolute Gasteiger partial charge is 0.238 e. The van der Waals surface area contributed by atoms with Crippen molar-refractivity contribution in [3.05, 3.63) is 18.2 Å². The van der Waals surface area contributed by atoms with Crippen molar-refractivity contribution in [2.75, 3.05) is 26.1 Å². The number of benzene rings is 1. The predicted octanol–water partition coefficient (Wildman–Crippen LogP) is 3.84. The molecular weight excluding hydrogens is 316 g/mol. The van der Waals surface area contributed by atoms with E-state index in [1.807, 2.05) is 0 Å². The van der Waals surface area contributed by atoms with E-state index >= 15 is 0 Å². The molecule has 0 bridgehead atoms. The van der Waals surface area contributed by atoms with E-state index in [4.69, 9.17) is 9.47 Å². The van der Waals surface area contributed by atoms with Gasteiger partial charge in [0.25, 0.3) is 0 Å². The molecule has 1 aliphatic carbocycles. The number of carbonyl (C=O) groups is 1. The van der Waals surface area contributed by atoms with E-state index in [-0.39, 0.29) is 11.3 Å². The van der Waals surface area contributed by atoms with E-state index in [1.54, 1.807) is 32.4 Å². The molecule has 0 heterocycles. The number of hydrogen-bond donors (Lipinski definition) is 2. The molecule has 1 aromatic carbocycles. The van der Waals surface area contributed by atoms with E-state index in [1.165, 1.54) is 19.3 Å². The van der Waals surface area contributed by atoms with E-state index in [0.717, 1.165) is 6.42 Å². The van der Waals surface area contributed by atoms with E-state index in [0.29, 0.717) is 35.7 Å². The maximum atomic E-state index is 12.4. The lowest BCUT2D eigenvalue weighted by molar-refractivity contribution is -0.115. The molecule has 1 amide bonds. The molecular formula is C20H32N2O3. The first-order valence-corrected chi connectivity index (χ1v) is 9.10. The van der Waals surface area contributed by atoms with Gasteiger partial charge in [0, 0.05) is 29.9 Å². The molecule has 0 spiro atoms. The van der Waals surface area contributed by atoms with Crippen molar-refractivity contribution in [1.82, 2.24) is 5.32 Å². The van der Waals surface area contributed by atoms with Gasteiger partial charge in [-0.25, -0.2) is 0 Å². The van der Waals surface area contributed by atoms with Gasteiger partial charge in [-0.05, 0) is 24.2 Å². The summed E-state index contributed by atoms with van der Waals surface area (Å²) in [5.74, 6) is 1.87. The summed E-state index contributed by atoms with van der Waals surface area (Å²) in [7, 11) is 3.19. The number of hydrogen-bond acceptors (Lipinski definition) is 4. The summed E-state index contributed by atoms with van der Waals surface area (Å²) in [6.45, 7) is 7.19. The van der Waals surface area contributed by atoms with Gasteiger partial charge in [-0.1, -0.05) is 33.6 Å². The first-order chi connectivity index (χ1) is 11.8. The lowest BCUT2D eigenvalue weighted by atomic mass is 9.69. The van der Waals surface area contributed by atoms with Crippen LogP contribution in [0.1, 0.15) is 46.5 Å². The molecule has 2 rings (SSSR count). The van der Waals surface area contributed by atoms with Crippen LogP contribution in [0.25, 0.3) is 0 Å². The van der Waals surface area contributed by atoms with Gasteiger partial charge in [0.05, 0.1) is 20.8 Å². The van der Waals surface area contributed by atoms with Crippen LogP contribution in [-0.2, 0) is 4.79 Å². The fraction of sp³-hybridized carbons (Fsp3) is 0.650. The third-order valence-electron chi connectivity index (χ3n) is 5.04. The largest absolute Gasteiger partial charge is 0.497 e. The second-order valence-electron chi connectivity index (χ2n) is 7.89. The molecule has 2 N–H and O–H groups in total. The Balaban J connectivity index is 1.94. The Hall–Kier alpha value is -1.75. The van der Waals surface area contributed by atoms with Crippen molar-refractivity contribution in [1.29, 1.82) is 0 Å². The second-order valence-corrected chi connectivity index (χ2v) is 7.89. The standard InChI is InChI=1S/C20H32N2O3/c1-20(2,3)17-8-6-7-9-18(17)21-13-19(23)22-14-10-15(24-4)12-16(11-14)25-5/h10-12,17-18,21H,6-9,13H2,1-5H3,(H,22,23). The van der Waals surface area contributed by atoms with Crippen LogP contribution in [0.4, 0.5) is 5.69 Å². The molecule has 0 radical (unpaired) electrons. The summed E-state index contributed by atoms with van der Waals surface area (Å²) in [4.78, 5) is 12.4. The maximum Gasteiger partial charge on any atom is 0.238 e. The third-order valence-corrected chi connectivity index (χ3v) is 5.04. The topological polar surface area (TPSA) is 59.6 Å². The maximum absolute atomic E-state index is 12.4. The number of anilines is 1. The second kappa shape index (κ2) is 8.56. The molecule has 2 unspecified atom stereocenters. The van der Waals surface area contributed by atoms with Crippen LogP contribution in [0.15, 0.2) is 18.2 Å². The lowest BCUT2D eigenvalue weighted by Gasteiger charge is -2.40. The first kappa shape index (κ1) is 19.6. The van der Waals surface area contributed by atoms with Crippen molar-refractivity contribution in [3.63, 3.8) is 0 Å². The fourth-order valence-electron chi connectivity index (χ4n) is 3.72. The number of methoxy groups -OCH3 is 2. The highest BCUT2D eigenvalue weighted by Gasteiger charge is 2.33. The fourth-order valence-corrected chi connectivity index (χ4v) is 3.72. The Labute approximate surface area is 151 Å². The Morgan fingerprint density at radius 3 is 2.24 bits per heavy atom. The molecule has 1 fully saturated rings. The highest BCUT2D eigenvalue weighted by atomic mass is 16.5. The van der Waals surface area contributed by atoms with Crippen molar-refractivity contribution < 1.29 is 14.3 Å².